The molecular formula is C11H9NO. The van der Waals surface area contributed by atoms with Crippen molar-refractivity contribution in [1.82, 2.24) is 4.57 Å². The molecule has 0 spiro atoms. The van der Waals surface area contributed by atoms with E-state index in [4.69, 9.17) is 6.92 Å². The minimum Gasteiger partial charge on any atom is -0.311 e. The third kappa shape index (κ3) is 1.15. The second-order valence-corrected chi connectivity index (χ2v) is 3.01. The van der Waals surface area contributed by atoms with Crippen LogP contribution in [-0.2, 0) is 7.05 Å². The number of aryl methyl sites for hydroxylation is 1. The zero-order chi connectivity index (χ0) is 9.42. The monoisotopic (exact) mass is 171 g/mol. The Bertz CT molecular complexity index is 511. The van der Waals surface area contributed by atoms with Crippen molar-refractivity contribution in [3.8, 4) is 0 Å². The van der Waals surface area contributed by atoms with Gasteiger partial charge in [-0.2, -0.15) is 0 Å². The van der Waals surface area contributed by atoms with Gasteiger partial charge in [-0.25, -0.2) is 0 Å². The molecule has 0 bridgehead atoms. The summed E-state index contributed by atoms with van der Waals surface area (Å²) in [5.74, 6) is 0. The number of aromatic nitrogens is 1. The average Bonchev–Trinajstić information content (AvgIpc) is 2.12. The largest absolute Gasteiger partial charge is 0.311 e. The smallest absolute Gasteiger partial charge is 0.250 e. The molecule has 0 unspecified atom stereocenters. The van der Waals surface area contributed by atoms with Gasteiger partial charge in [0.2, 0.25) is 0 Å². The first-order valence-corrected chi connectivity index (χ1v) is 4.04. The first-order valence-electron chi connectivity index (χ1n) is 4.04. The Morgan fingerprint density at radius 2 is 2.00 bits per heavy atom. The Kier molecular flexibility index (Phi) is 1.69. The molecule has 64 valence electrons. The second kappa shape index (κ2) is 2.73. The van der Waals surface area contributed by atoms with Gasteiger partial charge in [0.15, 0.2) is 0 Å². The van der Waals surface area contributed by atoms with Crippen molar-refractivity contribution < 1.29 is 0 Å². The van der Waals surface area contributed by atoms with E-state index in [1.165, 1.54) is 6.07 Å². The molecule has 0 N–H and O–H groups in total. The van der Waals surface area contributed by atoms with Crippen LogP contribution in [0.25, 0.3) is 10.9 Å². The molecule has 0 fully saturated rings. The number of pyridine rings is 1. The van der Waals surface area contributed by atoms with Crippen LogP contribution in [0, 0.1) is 6.92 Å². The number of hydrogen-bond donors (Lipinski definition) is 0. The number of rotatable bonds is 0. The maximum absolute atomic E-state index is 11.3. The first kappa shape index (κ1) is 8.05. The molecule has 2 radical (unpaired) electrons. The number of fused-ring (bicyclic) bond motifs is 1. The van der Waals surface area contributed by atoms with Gasteiger partial charge in [0, 0.05) is 18.5 Å². The predicted octanol–water partition coefficient (Wildman–Crippen LogP) is 1.60. The van der Waals surface area contributed by atoms with Gasteiger partial charge >= 0.3 is 0 Å². The van der Waals surface area contributed by atoms with E-state index in [9.17, 15) is 4.79 Å². The van der Waals surface area contributed by atoms with E-state index in [1.54, 1.807) is 17.7 Å². The van der Waals surface area contributed by atoms with Gasteiger partial charge in [-0.1, -0.05) is 12.1 Å². The maximum atomic E-state index is 11.3. The lowest BCUT2D eigenvalue weighted by molar-refractivity contribution is 0.906. The summed E-state index contributed by atoms with van der Waals surface area (Å²) in [7, 11) is 1.74. The lowest BCUT2D eigenvalue weighted by Gasteiger charge is -2.05. The molecule has 1 aromatic carbocycles. The molecule has 2 heteroatoms. The standard InChI is InChI=1S/C11H9NO/c1-8-4-3-5-10-9(8)6-7-11(13)12(10)2/h1,3-7H,2H3. The van der Waals surface area contributed by atoms with Crippen LogP contribution in [0.15, 0.2) is 35.1 Å². The summed E-state index contributed by atoms with van der Waals surface area (Å²) in [6.07, 6.45) is 0. The quantitative estimate of drug-likeness (QED) is 0.590. The molecule has 2 rings (SSSR count). The predicted molar refractivity (Wildman–Crippen MR) is 52.6 cm³/mol. The molecule has 0 atom stereocenters. The van der Waals surface area contributed by atoms with E-state index >= 15 is 0 Å². The summed E-state index contributed by atoms with van der Waals surface area (Å²) >= 11 is 0. The number of nitrogens with zero attached hydrogens (tertiary/aromatic N) is 1. The lowest BCUT2D eigenvalue weighted by Crippen LogP contribution is -2.15. The Hall–Kier alpha value is -1.57. The van der Waals surface area contributed by atoms with Gasteiger partial charge in [-0.15, -0.1) is 0 Å². The van der Waals surface area contributed by atoms with Crippen LogP contribution in [0.2, 0.25) is 0 Å². The van der Waals surface area contributed by atoms with Gasteiger partial charge in [-0.3, -0.25) is 4.79 Å². The Morgan fingerprint density at radius 3 is 2.77 bits per heavy atom. The van der Waals surface area contributed by atoms with Crippen molar-refractivity contribution in [2.24, 2.45) is 7.05 Å². The molecule has 0 saturated heterocycles. The molecular weight excluding hydrogens is 162 g/mol. The summed E-state index contributed by atoms with van der Waals surface area (Å²) in [6.45, 7) is 5.76. The van der Waals surface area contributed by atoms with Gasteiger partial charge in [0.1, 0.15) is 0 Å². The molecule has 1 heterocycles. The molecule has 0 aliphatic rings. The Balaban J connectivity index is 3.03. The van der Waals surface area contributed by atoms with Crippen molar-refractivity contribution in [3.63, 3.8) is 0 Å². The molecule has 0 aliphatic heterocycles. The average molecular weight is 171 g/mol. The fraction of sp³-hybridized carbons (Fsp3) is 0.0909. The van der Waals surface area contributed by atoms with E-state index in [1.807, 2.05) is 18.2 Å². The van der Waals surface area contributed by atoms with E-state index in [2.05, 4.69) is 0 Å². The van der Waals surface area contributed by atoms with Gasteiger partial charge in [0.05, 0.1) is 5.52 Å². The Morgan fingerprint density at radius 1 is 1.23 bits per heavy atom. The van der Waals surface area contributed by atoms with Crippen molar-refractivity contribution in [2.75, 3.05) is 0 Å². The highest BCUT2D eigenvalue weighted by atomic mass is 16.1. The third-order valence-electron chi connectivity index (χ3n) is 2.20. The van der Waals surface area contributed by atoms with Crippen molar-refractivity contribution in [1.29, 1.82) is 0 Å². The van der Waals surface area contributed by atoms with E-state index in [0.717, 1.165) is 10.9 Å². The molecule has 1 aromatic heterocycles. The van der Waals surface area contributed by atoms with Crippen molar-refractivity contribution in [2.45, 2.75) is 0 Å². The fourth-order valence-corrected chi connectivity index (χ4v) is 1.43. The second-order valence-electron chi connectivity index (χ2n) is 3.01. The number of hydrogen-bond acceptors (Lipinski definition) is 1. The summed E-state index contributed by atoms with van der Waals surface area (Å²) in [6, 6.07) is 8.84. The molecule has 13 heavy (non-hydrogen) atoms. The van der Waals surface area contributed by atoms with Gasteiger partial charge < -0.3 is 4.57 Å². The van der Waals surface area contributed by atoms with Crippen LogP contribution in [0.5, 0.6) is 0 Å². The minimum atomic E-state index is -0.0156. The van der Waals surface area contributed by atoms with Gasteiger partial charge in [-0.05, 0) is 24.6 Å². The Labute approximate surface area is 76.4 Å². The number of benzene rings is 1. The highest BCUT2D eigenvalue weighted by Gasteiger charge is 1.99. The molecule has 0 amide bonds. The van der Waals surface area contributed by atoms with Crippen LogP contribution in [-0.4, -0.2) is 4.57 Å². The first-order chi connectivity index (χ1) is 6.20. The van der Waals surface area contributed by atoms with Crippen LogP contribution in [0.3, 0.4) is 0 Å². The topological polar surface area (TPSA) is 22.0 Å². The molecule has 0 saturated carbocycles. The summed E-state index contributed by atoms with van der Waals surface area (Å²) in [5.41, 5.74) is 1.55. The van der Waals surface area contributed by atoms with E-state index < -0.39 is 0 Å². The maximum Gasteiger partial charge on any atom is 0.250 e. The van der Waals surface area contributed by atoms with Crippen molar-refractivity contribution >= 4 is 10.9 Å². The summed E-state index contributed by atoms with van der Waals surface area (Å²) in [5, 5.41) is 0.921. The zero-order valence-corrected chi connectivity index (χ0v) is 7.32. The summed E-state index contributed by atoms with van der Waals surface area (Å²) in [4.78, 5) is 11.3. The minimum absolute atomic E-state index is 0.0156. The van der Waals surface area contributed by atoms with Gasteiger partial charge in [0.25, 0.3) is 5.56 Å². The lowest BCUT2D eigenvalue weighted by atomic mass is 10.1. The summed E-state index contributed by atoms with van der Waals surface area (Å²) < 4.78 is 1.59. The normalized spacial score (nSPS) is 10.6. The van der Waals surface area contributed by atoms with Crippen LogP contribution in [0.4, 0.5) is 0 Å². The third-order valence-corrected chi connectivity index (χ3v) is 2.20. The highest BCUT2D eigenvalue weighted by Crippen LogP contribution is 2.14. The highest BCUT2D eigenvalue weighted by molar-refractivity contribution is 5.83. The van der Waals surface area contributed by atoms with Crippen LogP contribution >= 0.6 is 0 Å². The van der Waals surface area contributed by atoms with Crippen molar-refractivity contribution in [3.05, 3.63) is 53.2 Å². The van der Waals surface area contributed by atoms with Crippen LogP contribution in [0.1, 0.15) is 5.56 Å². The molecule has 2 aromatic rings. The SMILES string of the molecule is [CH]c1cccc2c1ccc(=O)n2C. The van der Waals surface area contributed by atoms with E-state index in [-0.39, 0.29) is 5.56 Å². The zero-order valence-electron chi connectivity index (χ0n) is 7.32. The van der Waals surface area contributed by atoms with Crippen LogP contribution < -0.4 is 5.56 Å². The molecule has 2 nitrogen and oxygen atoms in total. The van der Waals surface area contributed by atoms with E-state index in [0.29, 0.717) is 5.56 Å². The molecule has 0 aliphatic carbocycles. The fourth-order valence-electron chi connectivity index (χ4n) is 1.43.